The van der Waals surface area contributed by atoms with Gasteiger partial charge in [-0.2, -0.15) is 5.10 Å². The van der Waals surface area contributed by atoms with Crippen LogP contribution >= 0.6 is 0 Å². The predicted molar refractivity (Wildman–Crippen MR) is 164 cm³/mol. The molecule has 8 nitrogen and oxygen atoms in total. The molecular weight excluding hydrogens is 510 g/mol. The number of amides is 2. The normalized spacial score (nSPS) is 13.8. The highest BCUT2D eigenvalue weighted by atomic mass is 16.2. The zero-order valence-corrected chi connectivity index (χ0v) is 23.6. The lowest BCUT2D eigenvalue weighted by Gasteiger charge is -2.24. The smallest absolute Gasteiger partial charge is 0.321 e. The maximum absolute atomic E-state index is 13.2. The third kappa shape index (κ3) is 5.77. The number of hydrogen-bond donors (Lipinski definition) is 1. The highest BCUT2D eigenvalue weighted by molar-refractivity contribution is 5.91. The Balaban J connectivity index is 1.30. The van der Waals surface area contributed by atoms with Gasteiger partial charge in [0.05, 0.1) is 16.8 Å². The number of carbonyl (C=O) groups is 1. The fraction of sp³-hybridized carbons (Fsp3) is 0.273. The van der Waals surface area contributed by atoms with Crippen molar-refractivity contribution in [2.24, 2.45) is 0 Å². The summed E-state index contributed by atoms with van der Waals surface area (Å²) in [5.74, 6) is 1.64. The van der Waals surface area contributed by atoms with E-state index in [0.29, 0.717) is 26.1 Å². The van der Waals surface area contributed by atoms with Crippen LogP contribution in [0.2, 0.25) is 0 Å². The van der Waals surface area contributed by atoms with Crippen molar-refractivity contribution in [3.05, 3.63) is 108 Å². The molecule has 6 rings (SSSR count). The molecular formula is C33H35N7O. The molecule has 0 saturated carbocycles. The first kappa shape index (κ1) is 26.5. The summed E-state index contributed by atoms with van der Waals surface area (Å²) in [6.07, 6.45) is 2.44. The molecule has 3 aromatic carbocycles. The summed E-state index contributed by atoms with van der Waals surface area (Å²) >= 11 is 0. The number of para-hydroxylation sites is 1. The number of anilines is 2. The van der Waals surface area contributed by atoms with Crippen LogP contribution < -0.4 is 10.2 Å². The Kier molecular flexibility index (Phi) is 7.63. The van der Waals surface area contributed by atoms with Gasteiger partial charge in [-0.05, 0) is 55.2 Å². The first-order valence-electron chi connectivity index (χ1n) is 14.3. The molecule has 2 aromatic heterocycles. The molecule has 208 valence electrons. The van der Waals surface area contributed by atoms with Crippen molar-refractivity contribution in [1.29, 1.82) is 0 Å². The van der Waals surface area contributed by atoms with E-state index in [2.05, 4.69) is 41.4 Å². The van der Waals surface area contributed by atoms with Crippen molar-refractivity contribution in [2.75, 3.05) is 36.4 Å². The fourth-order valence-electron chi connectivity index (χ4n) is 5.40. The first-order chi connectivity index (χ1) is 20.1. The van der Waals surface area contributed by atoms with Gasteiger partial charge in [-0.1, -0.05) is 67.6 Å². The minimum atomic E-state index is -0.0678. The van der Waals surface area contributed by atoms with E-state index in [9.17, 15) is 4.79 Å². The summed E-state index contributed by atoms with van der Waals surface area (Å²) in [6, 6.07) is 28.4. The van der Waals surface area contributed by atoms with E-state index in [1.807, 2.05) is 77.2 Å². The van der Waals surface area contributed by atoms with Crippen LogP contribution in [0.3, 0.4) is 0 Å². The quantitative estimate of drug-likeness (QED) is 0.282. The lowest BCUT2D eigenvalue weighted by atomic mass is 10.1. The third-order valence-electron chi connectivity index (χ3n) is 7.63. The van der Waals surface area contributed by atoms with Crippen LogP contribution in [-0.4, -0.2) is 56.9 Å². The summed E-state index contributed by atoms with van der Waals surface area (Å²) in [6.45, 7) is 6.90. The standard InChI is InChI=1S/C33H35N7O/c1-3-25-15-17-27(18-16-25)34-33(41)39-20-10-19-38(21-22-39)31-30-24(2)37-40(28-13-8-5-9-14-28)32(30)36-29(35-31)23-26-11-6-4-7-12-26/h4-9,11-18H,3,10,19-23H2,1-2H3,(H,34,41). The average Bonchev–Trinajstić information content (AvgIpc) is 3.17. The van der Waals surface area contributed by atoms with Crippen LogP contribution in [0.4, 0.5) is 16.3 Å². The summed E-state index contributed by atoms with van der Waals surface area (Å²) in [4.78, 5) is 27.5. The number of aromatic nitrogens is 4. The lowest BCUT2D eigenvalue weighted by Crippen LogP contribution is -2.38. The Bertz CT molecular complexity index is 1630. The number of hydrogen-bond acceptors (Lipinski definition) is 5. The van der Waals surface area contributed by atoms with E-state index in [-0.39, 0.29) is 6.03 Å². The molecule has 0 unspecified atom stereocenters. The van der Waals surface area contributed by atoms with Gasteiger partial charge in [-0.3, -0.25) is 0 Å². The van der Waals surface area contributed by atoms with Gasteiger partial charge in [0.15, 0.2) is 5.65 Å². The van der Waals surface area contributed by atoms with Crippen molar-refractivity contribution in [3.8, 4) is 5.69 Å². The van der Waals surface area contributed by atoms with Crippen molar-refractivity contribution in [1.82, 2.24) is 24.6 Å². The van der Waals surface area contributed by atoms with E-state index >= 15 is 0 Å². The molecule has 1 aliphatic rings. The lowest BCUT2D eigenvalue weighted by molar-refractivity contribution is 0.215. The Morgan fingerprint density at radius 2 is 1.56 bits per heavy atom. The van der Waals surface area contributed by atoms with E-state index in [1.165, 1.54) is 5.56 Å². The molecule has 8 heteroatoms. The summed E-state index contributed by atoms with van der Waals surface area (Å²) in [5, 5.41) is 8.93. The number of rotatable bonds is 6. The Labute approximate surface area is 240 Å². The number of nitrogens with zero attached hydrogens (tertiary/aromatic N) is 6. The zero-order chi connectivity index (χ0) is 28.2. The van der Waals surface area contributed by atoms with Crippen LogP contribution in [0.1, 0.15) is 36.0 Å². The number of benzene rings is 3. The summed E-state index contributed by atoms with van der Waals surface area (Å²) < 4.78 is 1.92. The first-order valence-corrected chi connectivity index (χ1v) is 14.3. The number of carbonyl (C=O) groups excluding carboxylic acids is 1. The predicted octanol–water partition coefficient (Wildman–Crippen LogP) is 6.02. The van der Waals surface area contributed by atoms with Gasteiger partial charge < -0.3 is 15.1 Å². The molecule has 1 aliphatic heterocycles. The molecule has 5 aromatic rings. The Morgan fingerprint density at radius 1 is 0.829 bits per heavy atom. The van der Waals surface area contributed by atoms with Gasteiger partial charge in [0.25, 0.3) is 0 Å². The van der Waals surface area contributed by atoms with Crippen LogP contribution in [0.15, 0.2) is 84.9 Å². The van der Waals surface area contributed by atoms with Crippen LogP contribution in [0, 0.1) is 6.92 Å². The van der Waals surface area contributed by atoms with Crippen LogP contribution in [0.5, 0.6) is 0 Å². The van der Waals surface area contributed by atoms with E-state index in [4.69, 9.17) is 15.1 Å². The Hall–Kier alpha value is -4.72. The molecule has 0 atom stereocenters. The number of nitrogens with one attached hydrogen (secondary N) is 1. The summed E-state index contributed by atoms with van der Waals surface area (Å²) in [7, 11) is 0. The molecule has 3 heterocycles. The molecule has 1 N–H and O–H groups in total. The van der Waals surface area contributed by atoms with E-state index in [0.717, 1.165) is 64.7 Å². The number of fused-ring (bicyclic) bond motifs is 1. The van der Waals surface area contributed by atoms with Crippen molar-refractivity contribution < 1.29 is 4.79 Å². The second-order valence-electron chi connectivity index (χ2n) is 10.5. The molecule has 0 aliphatic carbocycles. The topological polar surface area (TPSA) is 79.2 Å². The largest absolute Gasteiger partial charge is 0.354 e. The summed E-state index contributed by atoms with van der Waals surface area (Å²) in [5.41, 5.74) is 5.89. The molecule has 41 heavy (non-hydrogen) atoms. The second kappa shape index (κ2) is 11.8. The van der Waals surface area contributed by atoms with Crippen LogP contribution in [-0.2, 0) is 12.8 Å². The minimum absolute atomic E-state index is 0.0678. The van der Waals surface area contributed by atoms with Gasteiger partial charge in [0.2, 0.25) is 0 Å². The maximum Gasteiger partial charge on any atom is 0.321 e. The van der Waals surface area contributed by atoms with E-state index < -0.39 is 0 Å². The second-order valence-corrected chi connectivity index (χ2v) is 10.5. The average molecular weight is 546 g/mol. The molecule has 0 radical (unpaired) electrons. The zero-order valence-electron chi connectivity index (χ0n) is 23.6. The van der Waals surface area contributed by atoms with Gasteiger partial charge >= 0.3 is 6.03 Å². The van der Waals surface area contributed by atoms with Crippen molar-refractivity contribution in [2.45, 2.75) is 33.1 Å². The molecule has 2 amide bonds. The SMILES string of the molecule is CCc1ccc(NC(=O)N2CCCN(c3nc(Cc4ccccc4)nc4c3c(C)nn4-c3ccccc3)CC2)cc1. The number of aryl methyl sites for hydroxylation is 2. The molecule has 1 saturated heterocycles. The molecule has 0 bridgehead atoms. The Morgan fingerprint density at radius 3 is 2.29 bits per heavy atom. The van der Waals surface area contributed by atoms with E-state index in [1.54, 1.807) is 0 Å². The van der Waals surface area contributed by atoms with Gasteiger partial charge in [0, 0.05) is 38.3 Å². The maximum atomic E-state index is 13.2. The molecule has 0 spiro atoms. The third-order valence-corrected chi connectivity index (χ3v) is 7.63. The van der Waals surface area contributed by atoms with Gasteiger partial charge in [-0.25, -0.2) is 19.4 Å². The highest BCUT2D eigenvalue weighted by Crippen LogP contribution is 2.30. The van der Waals surface area contributed by atoms with Crippen molar-refractivity contribution >= 4 is 28.6 Å². The highest BCUT2D eigenvalue weighted by Gasteiger charge is 2.25. The fourth-order valence-corrected chi connectivity index (χ4v) is 5.40. The number of urea groups is 1. The van der Waals surface area contributed by atoms with Crippen LogP contribution in [0.25, 0.3) is 16.7 Å². The van der Waals surface area contributed by atoms with Crippen molar-refractivity contribution in [3.63, 3.8) is 0 Å². The monoisotopic (exact) mass is 545 g/mol. The van der Waals surface area contributed by atoms with Gasteiger partial charge in [-0.15, -0.1) is 0 Å². The molecule has 1 fully saturated rings. The minimum Gasteiger partial charge on any atom is -0.354 e. The van der Waals surface area contributed by atoms with Gasteiger partial charge in [0.1, 0.15) is 11.6 Å².